The lowest BCUT2D eigenvalue weighted by molar-refractivity contribution is 0.472. The van der Waals surface area contributed by atoms with Crippen molar-refractivity contribution in [1.29, 1.82) is 0 Å². The molecule has 0 bridgehead atoms. The van der Waals surface area contributed by atoms with Gasteiger partial charge in [0, 0.05) is 13.2 Å². The zero-order valence-electron chi connectivity index (χ0n) is 9.09. The predicted molar refractivity (Wildman–Crippen MR) is 61.9 cm³/mol. The van der Waals surface area contributed by atoms with Gasteiger partial charge in [-0.2, -0.15) is 5.10 Å². The van der Waals surface area contributed by atoms with Crippen LogP contribution >= 0.6 is 0 Å². The van der Waals surface area contributed by atoms with Gasteiger partial charge in [0.05, 0.1) is 35.5 Å². The van der Waals surface area contributed by atoms with Crippen molar-refractivity contribution in [3.05, 3.63) is 48.6 Å². The SMILES string of the molecule is C=C1c2ccnn2-c2cccnc2CN1C. The molecule has 80 valence electrons. The molecule has 3 heterocycles. The molecule has 0 unspecified atom stereocenters. The van der Waals surface area contributed by atoms with E-state index in [0.29, 0.717) is 0 Å². The first-order valence-corrected chi connectivity index (χ1v) is 5.16. The fourth-order valence-electron chi connectivity index (χ4n) is 1.97. The van der Waals surface area contributed by atoms with Gasteiger partial charge in [-0.15, -0.1) is 0 Å². The number of nitrogens with zero attached hydrogens (tertiary/aromatic N) is 4. The van der Waals surface area contributed by atoms with Crippen molar-refractivity contribution in [1.82, 2.24) is 19.7 Å². The van der Waals surface area contributed by atoms with E-state index in [4.69, 9.17) is 0 Å². The van der Waals surface area contributed by atoms with E-state index in [0.717, 1.165) is 29.3 Å². The molecule has 1 aliphatic rings. The lowest BCUT2D eigenvalue weighted by Gasteiger charge is -2.17. The van der Waals surface area contributed by atoms with Gasteiger partial charge in [0.2, 0.25) is 0 Å². The Hall–Kier alpha value is -2.10. The molecule has 16 heavy (non-hydrogen) atoms. The second kappa shape index (κ2) is 3.20. The first-order chi connectivity index (χ1) is 7.77. The van der Waals surface area contributed by atoms with Gasteiger partial charge in [-0.25, -0.2) is 4.68 Å². The molecule has 0 fully saturated rings. The molecule has 0 aliphatic carbocycles. The van der Waals surface area contributed by atoms with Crippen molar-refractivity contribution in [3.63, 3.8) is 0 Å². The second-order valence-corrected chi connectivity index (χ2v) is 3.90. The summed E-state index contributed by atoms with van der Waals surface area (Å²) in [7, 11) is 2.02. The minimum Gasteiger partial charge on any atom is -0.367 e. The van der Waals surface area contributed by atoms with Gasteiger partial charge in [-0.3, -0.25) is 4.98 Å². The zero-order valence-corrected chi connectivity index (χ0v) is 9.09. The van der Waals surface area contributed by atoms with Gasteiger partial charge in [-0.1, -0.05) is 6.58 Å². The van der Waals surface area contributed by atoms with E-state index in [1.165, 1.54) is 0 Å². The standard InChI is InChI=1S/C12H12N4/c1-9-11-5-7-14-16(11)12-4-3-6-13-10(12)8-15(9)2/h3-7H,1,8H2,2H3. The Kier molecular flexibility index (Phi) is 1.83. The van der Waals surface area contributed by atoms with Gasteiger partial charge < -0.3 is 4.90 Å². The van der Waals surface area contributed by atoms with Crippen LogP contribution in [0, 0.1) is 0 Å². The van der Waals surface area contributed by atoms with Gasteiger partial charge >= 0.3 is 0 Å². The summed E-state index contributed by atoms with van der Waals surface area (Å²) >= 11 is 0. The summed E-state index contributed by atoms with van der Waals surface area (Å²) in [6.45, 7) is 4.85. The third kappa shape index (κ3) is 1.16. The normalized spacial score (nSPS) is 14.3. The molecular formula is C12H12N4. The molecule has 4 nitrogen and oxygen atoms in total. The van der Waals surface area contributed by atoms with E-state index in [1.807, 2.05) is 36.1 Å². The van der Waals surface area contributed by atoms with Crippen molar-refractivity contribution in [3.8, 4) is 5.69 Å². The third-order valence-electron chi connectivity index (χ3n) is 2.88. The number of pyridine rings is 1. The number of hydrogen-bond donors (Lipinski definition) is 0. The van der Waals surface area contributed by atoms with Crippen LogP contribution in [0.5, 0.6) is 0 Å². The van der Waals surface area contributed by atoms with Crippen LogP contribution in [0.25, 0.3) is 11.4 Å². The van der Waals surface area contributed by atoms with Crippen LogP contribution in [0.2, 0.25) is 0 Å². The van der Waals surface area contributed by atoms with Crippen LogP contribution in [0.1, 0.15) is 11.4 Å². The van der Waals surface area contributed by atoms with E-state index in [-0.39, 0.29) is 0 Å². The molecule has 4 heteroatoms. The van der Waals surface area contributed by atoms with Crippen molar-refractivity contribution in [2.24, 2.45) is 0 Å². The van der Waals surface area contributed by atoms with E-state index in [9.17, 15) is 0 Å². The molecule has 0 amide bonds. The quantitative estimate of drug-likeness (QED) is 0.666. The fraction of sp³-hybridized carbons (Fsp3) is 0.167. The Balaban J connectivity index is 2.31. The van der Waals surface area contributed by atoms with E-state index < -0.39 is 0 Å². The highest BCUT2D eigenvalue weighted by Gasteiger charge is 2.20. The van der Waals surface area contributed by atoms with Crippen molar-refractivity contribution < 1.29 is 0 Å². The van der Waals surface area contributed by atoms with Crippen LogP contribution in [0.15, 0.2) is 37.2 Å². The molecule has 0 saturated carbocycles. The van der Waals surface area contributed by atoms with Crippen LogP contribution in [0.4, 0.5) is 0 Å². The first kappa shape index (κ1) is 9.15. The van der Waals surface area contributed by atoms with Crippen LogP contribution < -0.4 is 0 Å². The average molecular weight is 212 g/mol. The lowest BCUT2D eigenvalue weighted by Crippen LogP contribution is -2.14. The van der Waals surface area contributed by atoms with Gasteiger partial charge in [-0.05, 0) is 18.2 Å². The predicted octanol–water partition coefficient (Wildman–Crippen LogP) is 1.68. The maximum atomic E-state index is 4.40. The Morgan fingerprint density at radius 1 is 1.31 bits per heavy atom. The molecule has 0 saturated heterocycles. The topological polar surface area (TPSA) is 34.0 Å². The smallest absolute Gasteiger partial charge is 0.0896 e. The zero-order chi connectivity index (χ0) is 11.1. The largest absolute Gasteiger partial charge is 0.367 e. The maximum absolute atomic E-state index is 4.40. The summed E-state index contributed by atoms with van der Waals surface area (Å²) in [5.74, 6) is 0. The molecular weight excluding hydrogens is 200 g/mol. The molecule has 0 spiro atoms. The second-order valence-electron chi connectivity index (χ2n) is 3.90. The summed E-state index contributed by atoms with van der Waals surface area (Å²) in [6, 6.07) is 5.94. The molecule has 0 radical (unpaired) electrons. The van der Waals surface area contributed by atoms with Crippen molar-refractivity contribution in [2.75, 3.05) is 7.05 Å². The Morgan fingerprint density at radius 2 is 2.19 bits per heavy atom. The molecule has 2 aromatic heterocycles. The summed E-state index contributed by atoms with van der Waals surface area (Å²) in [4.78, 5) is 6.49. The minimum atomic E-state index is 0.762. The van der Waals surface area contributed by atoms with Crippen LogP contribution in [0.3, 0.4) is 0 Å². The molecule has 0 aromatic carbocycles. The third-order valence-corrected chi connectivity index (χ3v) is 2.88. The number of fused-ring (bicyclic) bond motifs is 3. The Bertz CT molecular complexity index is 556. The number of rotatable bonds is 0. The minimum absolute atomic E-state index is 0.762. The molecule has 2 aromatic rings. The van der Waals surface area contributed by atoms with Crippen molar-refractivity contribution >= 4 is 5.70 Å². The average Bonchev–Trinajstić information content (AvgIpc) is 2.74. The first-order valence-electron chi connectivity index (χ1n) is 5.16. The number of aromatic nitrogens is 3. The fourth-order valence-corrected chi connectivity index (χ4v) is 1.97. The highest BCUT2D eigenvalue weighted by Crippen LogP contribution is 2.26. The summed E-state index contributed by atoms with van der Waals surface area (Å²) in [5, 5.41) is 4.33. The number of hydrogen-bond acceptors (Lipinski definition) is 3. The molecule has 0 N–H and O–H groups in total. The highest BCUT2D eigenvalue weighted by atomic mass is 15.3. The highest BCUT2D eigenvalue weighted by molar-refractivity contribution is 5.62. The van der Waals surface area contributed by atoms with Crippen LogP contribution in [-0.4, -0.2) is 26.7 Å². The van der Waals surface area contributed by atoms with Gasteiger partial charge in [0.15, 0.2) is 0 Å². The molecule has 0 atom stereocenters. The molecule has 3 rings (SSSR count). The van der Waals surface area contributed by atoms with Crippen LogP contribution in [-0.2, 0) is 6.54 Å². The Morgan fingerprint density at radius 3 is 3.06 bits per heavy atom. The maximum Gasteiger partial charge on any atom is 0.0896 e. The van der Waals surface area contributed by atoms with Gasteiger partial charge in [0.25, 0.3) is 0 Å². The summed E-state index contributed by atoms with van der Waals surface area (Å²) in [6.07, 6.45) is 3.60. The Labute approximate surface area is 93.8 Å². The summed E-state index contributed by atoms with van der Waals surface area (Å²) < 4.78 is 1.90. The molecule has 1 aliphatic heterocycles. The van der Waals surface area contributed by atoms with E-state index >= 15 is 0 Å². The lowest BCUT2D eigenvalue weighted by atomic mass is 10.3. The van der Waals surface area contributed by atoms with Gasteiger partial charge in [0.1, 0.15) is 0 Å². The monoisotopic (exact) mass is 212 g/mol. The van der Waals surface area contributed by atoms with Crippen molar-refractivity contribution in [2.45, 2.75) is 6.54 Å². The van der Waals surface area contributed by atoms with E-state index in [1.54, 1.807) is 6.20 Å². The van der Waals surface area contributed by atoms with E-state index in [2.05, 4.69) is 21.6 Å². The summed E-state index contributed by atoms with van der Waals surface area (Å²) in [5.41, 5.74) is 4.05.